The first-order chi connectivity index (χ1) is 7.08. The van der Waals surface area contributed by atoms with Gasteiger partial charge in [0.25, 0.3) is 0 Å². The summed E-state index contributed by atoms with van der Waals surface area (Å²) in [6, 6.07) is -0.0290. The molecule has 1 aliphatic rings. The average Bonchev–Trinajstić information content (AvgIpc) is 2.50. The zero-order valence-electron chi connectivity index (χ0n) is 9.01. The highest BCUT2D eigenvalue weighted by molar-refractivity contribution is 4.83. The van der Waals surface area contributed by atoms with Gasteiger partial charge in [0.1, 0.15) is 0 Å². The van der Waals surface area contributed by atoms with Crippen molar-refractivity contribution < 1.29 is 9.52 Å². The third-order valence-electron chi connectivity index (χ3n) is 3.11. The van der Waals surface area contributed by atoms with Gasteiger partial charge in [-0.1, -0.05) is 6.92 Å². The largest absolute Gasteiger partial charge is 0.437 e. The molecule has 84 valence electrons. The zero-order valence-corrected chi connectivity index (χ0v) is 9.01. The molecule has 1 fully saturated rings. The van der Waals surface area contributed by atoms with Crippen LogP contribution in [0.3, 0.4) is 0 Å². The molecule has 0 aromatic carbocycles. The lowest BCUT2D eigenvalue weighted by Gasteiger charge is -2.30. The Morgan fingerprint density at radius 1 is 1.53 bits per heavy atom. The lowest BCUT2D eigenvalue weighted by atomic mass is 9.84. The van der Waals surface area contributed by atoms with Gasteiger partial charge < -0.3 is 9.52 Å². The summed E-state index contributed by atoms with van der Waals surface area (Å²) in [5.41, 5.74) is 0. The number of nitrogens with zero attached hydrogens (tertiary/aromatic N) is 2. The summed E-state index contributed by atoms with van der Waals surface area (Å²) < 4.78 is 6.24. The van der Waals surface area contributed by atoms with Crippen molar-refractivity contribution in [1.29, 1.82) is 0 Å². The second-order valence-corrected chi connectivity index (χ2v) is 4.34. The second-order valence-electron chi connectivity index (χ2n) is 4.34. The molecule has 3 unspecified atom stereocenters. The predicted molar refractivity (Wildman–Crippen MR) is 53.6 cm³/mol. The van der Waals surface area contributed by atoms with Gasteiger partial charge in [-0.05, 0) is 25.2 Å². The molecule has 0 radical (unpaired) electrons. The summed E-state index contributed by atoms with van der Waals surface area (Å²) in [5.74, 6) is 0.321. The summed E-state index contributed by atoms with van der Waals surface area (Å²) in [4.78, 5) is 11.4. The molecule has 1 aromatic heterocycles. The minimum Gasteiger partial charge on any atom is -0.393 e. The van der Waals surface area contributed by atoms with Crippen molar-refractivity contribution in [3.8, 4) is 0 Å². The third kappa shape index (κ3) is 1.97. The van der Waals surface area contributed by atoms with Gasteiger partial charge in [0.15, 0.2) is 0 Å². The number of hydrogen-bond donors (Lipinski definition) is 1. The number of rotatable bonds is 1. The van der Waals surface area contributed by atoms with Gasteiger partial charge in [0, 0.05) is 6.92 Å². The molecule has 5 nitrogen and oxygen atoms in total. The molecule has 0 bridgehead atoms. The van der Waals surface area contributed by atoms with Gasteiger partial charge in [-0.25, -0.2) is 4.79 Å². The highest BCUT2D eigenvalue weighted by Gasteiger charge is 2.30. The van der Waals surface area contributed by atoms with Crippen LogP contribution < -0.4 is 5.76 Å². The van der Waals surface area contributed by atoms with Crippen molar-refractivity contribution in [1.82, 2.24) is 9.78 Å². The molecule has 1 saturated carbocycles. The van der Waals surface area contributed by atoms with Crippen LogP contribution in [0.2, 0.25) is 0 Å². The molecular weight excluding hydrogens is 196 g/mol. The maximum atomic E-state index is 11.4. The summed E-state index contributed by atoms with van der Waals surface area (Å²) in [7, 11) is 0. The van der Waals surface area contributed by atoms with Gasteiger partial charge in [-0.2, -0.15) is 4.68 Å². The molecule has 1 N–H and O–H groups in total. The van der Waals surface area contributed by atoms with E-state index < -0.39 is 5.76 Å². The number of aliphatic hydroxyl groups is 1. The van der Waals surface area contributed by atoms with Crippen LogP contribution in [0.1, 0.15) is 38.1 Å². The number of aliphatic hydroxyl groups excluding tert-OH is 1. The molecule has 0 saturated heterocycles. The van der Waals surface area contributed by atoms with Crippen LogP contribution in [-0.2, 0) is 0 Å². The molecule has 1 aromatic rings. The van der Waals surface area contributed by atoms with E-state index in [1.54, 1.807) is 6.92 Å². The molecule has 1 heterocycles. The van der Waals surface area contributed by atoms with E-state index in [-0.39, 0.29) is 12.1 Å². The molecule has 5 heteroatoms. The summed E-state index contributed by atoms with van der Waals surface area (Å²) in [6.07, 6.45) is 2.00. The lowest BCUT2D eigenvalue weighted by Crippen LogP contribution is -2.33. The van der Waals surface area contributed by atoms with E-state index in [0.29, 0.717) is 18.2 Å². The van der Waals surface area contributed by atoms with Crippen molar-refractivity contribution in [2.75, 3.05) is 0 Å². The summed E-state index contributed by atoms with van der Waals surface area (Å²) >= 11 is 0. The molecule has 0 amide bonds. The van der Waals surface area contributed by atoms with Gasteiger partial charge in [-0.3, -0.25) is 0 Å². The predicted octanol–water partition coefficient (Wildman–Crippen LogP) is 0.867. The maximum Gasteiger partial charge on any atom is 0.437 e. The van der Waals surface area contributed by atoms with Crippen LogP contribution in [0.15, 0.2) is 9.21 Å². The van der Waals surface area contributed by atoms with E-state index in [2.05, 4.69) is 12.0 Å². The number of hydrogen-bond acceptors (Lipinski definition) is 4. The Balaban J connectivity index is 2.28. The monoisotopic (exact) mass is 212 g/mol. The Morgan fingerprint density at radius 2 is 2.27 bits per heavy atom. The van der Waals surface area contributed by atoms with Crippen LogP contribution in [0.5, 0.6) is 0 Å². The van der Waals surface area contributed by atoms with E-state index in [0.717, 1.165) is 12.8 Å². The fraction of sp³-hybridized carbons (Fsp3) is 0.800. The average molecular weight is 212 g/mol. The molecule has 3 atom stereocenters. The Bertz CT molecular complexity index is 396. The van der Waals surface area contributed by atoms with E-state index in [1.165, 1.54) is 4.68 Å². The van der Waals surface area contributed by atoms with Gasteiger partial charge in [0.05, 0.1) is 12.1 Å². The third-order valence-corrected chi connectivity index (χ3v) is 3.11. The van der Waals surface area contributed by atoms with Crippen molar-refractivity contribution >= 4 is 0 Å². The second kappa shape index (κ2) is 3.81. The van der Waals surface area contributed by atoms with Crippen molar-refractivity contribution in [2.45, 2.75) is 45.3 Å². The molecule has 2 rings (SSSR count). The molecule has 0 aliphatic heterocycles. The van der Waals surface area contributed by atoms with Crippen molar-refractivity contribution in [3.63, 3.8) is 0 Å². The first-order valence-corrected chi connectivity index (χ1v) is 5.32. The normalized spacial score (nSPS) is 31.8. The standard InChI is InChI=1S/C10H16N2O3/c1-6-3-4-8(13)5-9(6)12-10(14)15-7(2)11-12/h6,8-9,13H,3-5H2,1-2H3. The first-order valence-electron chi connectivity index (χ1n) is 5.32. The molecule has 1 aliphatic carbocycles. The lowest BCUT2D eigenvalue weighted by molar-refractivity contribution is 0.0711. The SMILES string of the molecule is Cc1nn(C2CC(O)CCC2C)c(=O)o1. The Labute approximate surface area is 87.7 Å². The van der Waals surface area contributed by atoms with Crippen LogP contribution in [0.4, 0.5) is 0 Å². The number of aryl methyl sites for hydroxylation is 1. The van der Waals surface area contributed by atoms with Crippen molar-refractivity contribution in [3.05, 3.63) is 16.4 Å². The fourth-order valence-corrected chi connectivity index (χ4v) is 2.21. The Kier molecular flexibility index (Phi) is 2.65. The van der Waals surface area contributed by atoms with E-state index >= 15 is 0 Å². The van der Waals surface area contributed by atoms with Crippen LogP contribution in [0, 0.1) is 12.8 Å². The fourth-order valence-electron chi connectivity index (χ4n) is 2.21. The number of aromatic nitrogens is 2. The van der Waals surface area contributed by atoms with E-state index in [1.807, 2.05) is 0 Å². The van der Waals surface area contributed by atoms with Crippen molar-refractivity contribution in [2.24, 2.45) is 5.92 Å². The molecule has 15 heavy (non-hydrogen) atoms. The smallest absolute Gasteiger partial charge is 0.393 e. The topological polar surface area (TPSA) is 68.3 Å². The van der Waals surface area contributed by atoms with Gasteiger partial charge in [-0.15, -0.1) is 5.10 Å². The van der Waals surface area contributed by atoms with E-state index in [9.17, 15) is 9.90 Å². The van der Waals surface area contributed by atoms with Gasteiger partial charge in [0.2, 0.25) is 5.89 Å². The Morgan fingerprint density at radius 3 is 2.87 bits per heavy atom. The van der Waals surface area contributed by atoms with Gasteiger partial charge >= 0.3 is 5.76 Å². The highest BCUT2D eigenvalue weighted by Crippen LogP contribution is 2.32. The minimum atomic E-state index is -0.418. The molecule has 0 spiro atoms. The maximum absolute atomic E-state index is 11.4. The summed E-state index contributed by atoms with van der Waals surface area (Å²) in [5, 5.41) is 13.6. The first kappa shape index (κ1) is 10.4. The van der Waals surface area contributed by atoms with Crippen LogP contribution in [0.25, 0.3) is 0 Å². The van der Waals surface area contributed by atoms with E-state index in [4.69, 9.17) is 4.42 Å². The van der Waals surface area contributed by atoms with Crippen LogP contribution in [-0.4, -0.2) is 21.0 Å². The quantitative estimate of drug-likeness (QED) is 0.749. The highest BCUT2D eigenvalue weighted by atomic mass is 16.4. The Hall–Kier alpha value is -1.10. The summed E-state index contributed by atoms with van der Waals surface area (Å²) in [6.45, 7) is 3.73. The minimum absolute atomic E-state index is 0.0290. The van der Waals surface area contributed by atoms with Crippen LogP contribution >= 0.6 is 0 Å². The zero-order chi connectivity index (χ0) is 11.0. The molecular formula is C10H16N2O3.